The number of halogens is 5. The van der Waals surface area contributed by atoms with Gasteiger partial charge >= 0.3 is 5.97 Å². The van der Waals surface area contributed by atoms with Gasteiger partial charge in [0.2, 0.25) is 0 Å². The number of thiophene rings is 1. The van der Waals surface area contributed by atoms with E-state index in [1.165, 1.54) is 18.3 Å². The molecule has 2 N–H and O–H groups in total. The van der Waals surface area contributed by atoms with Crippen LogP contribution in [-0.2, 0) is 0 Å². The van der Waals surface area contributed by atoms with Crippen molar-refractivity contribution in [3.05, 3.63) is 77.9 Å². The maximum absolute atomic E-state index is 12.5. The lowest BCUT2D eigenvalue weighted by molar-refractivity contribution is 0.0697. The summed E-state index contributed by atoms with van der Waals surface area (Å²) in [5.74, 6) is -0.428. The highest BCUT2D eigenvalue weighted by atomic mass is 35.5. The maximum atomic E-state index is 12.5. The van der Waals surface area contributed by atoms with E-state index in [9.17, 15) is 9.59 Å². The van der Waals surface area contributed by atoms with Crippen molar-refractivity contribution in [2.24, 2.45) is 0 Å². The highest BCUT2D eigenvalue weighted by molar-refractivity contribution is 7.20. The fourth-order valence-electron chi connectivity index (χ4n) is 3.83. The summed E-state index contributed by atoms with van der Waals surface area (Å²) in [7, 11) is 0. The number of carbonyl (C=O) groups is 2. The van der Waals surface area contributed by atoms with Gasteiger partial charge in [0, 0.05) is 35.7 Å². The number of hydrogen-bond donors (Lipinski definition) is 2. The van der Waals surface area contributed by atoms with E-state index in [1.807, 2.05) is 18.2 Å². The van der Waals surface area contributed by atoms with Gasteiger partial charge in [-0.25, -0.2) is 19.7 Å². The standard InChI is InChI=1S/C19H16Cl3N5O.C5H2Cl2O2S/c20-11-1-2-14-16(8-11)24-10-25-18(14)27-5-3-13(4-6-27)26-19(28)15-7-12(21)9-23-17(15)22;6-3-1-2(5(8)9)4(7)10-3/h1-2,7-10,13H,3-6H2,(H,26,28);1H,(H,8,9). The first-order chi connectivity index (χ1) is 18.1. The molecule has 0 unspecified atom stereocenters. The SMILES string of the molecule is O=C(NC1CCN(c2ncnc3cc(Cl)ccc23)CC1)c1cc(Cl)cnc1Cl.O=C(O)c1cc(Cl)sc1Cl. The first-order valence-electron chi connectivity index (χ1n) is 11.1. The van der Waals surface area contributed by atoms with Crippen LogP contribution in [0.3, 0.4) is 0 Å². The first kappa shape index (κ1) is 28.6. The summed E-state index contributed by atoms with van der Waals surface area (Å²) in [6, 6.07) is 8.51. The molecule has 1 aliphatic rings. The Balaban J connectivity index is 0.000000283. The van der Waals surface area contributed by atoms with Crippen LogP contribution in [0.4, 0.5) is 5.82 Å². The number of amides is 1. The van der Waals surface area contributed by atoms with Crippen molar-refractivity contribution in [3.63, 3.8) is 0 Å². The van der Waals surface area contributed by atoms with Crippen molar-refractivity contribution >= 4 is 97.9 Å². The van der Waals surface area contributed by atoms with Gasteiger partial charge in [-0.05, 0) is 43.2 Å². The second-order valence-electron chi connectivity index (χ2n) is 8.13. The number of piperidine rings is 1. The Morgan fingerprint density at radius 2 is 1.68 bits per heavy atom. The molecule has 8 nitrogen and oxygen atoms in total. The molecule has 38 heavy (non-hydrogen) atoms. The third kappa shape index (κ3) is 6.97. The highest BCUT2D eigenvalue weighted by Crippen LogP contribution is 2.31. The number of aromatic carboxylic acids is 1. The minimum Gasteiger partial charge on any atom is -0.478 e. The number of anilines is 1. The van der Waals surface area contributed by atoms with Crippen LogP contribution < -0.4 is 10.2 Å². The normalized spacial score (nSPS) is 13.7. The lowest BCUT2D eigenvalue weighted by Crippen LogP contribution is -2.45. The van der Waals surface area contributed by atoms with Gasteiger partial charge in [-0.3, -0.25) is 4.79 Å². The smallest absolute Gasteiger partial charge is 0.338 e. The van der Waals surface area contributed by atoms with E-state index in [2.05, 4.69) is 25.2 Å². The molecule has 198 valence electrons. The molecular formula is C24H18Cl5N5O3S. The second kappa shape index (κ2) is 12.6. The minimum absolute atomic E-state index is 0.0429. The maximum Gasteiger partial charge on any atom is 0.338 e. The molecule has 1 aliphatic heterocycles. The van der Waals surface area contributed by atoms with Crippen molar-refractivity contribution in [2.75, 3.05) is 18.0 Å². The van der Waals surface area contributed by atoms with Gasteiger partial charge in [0.05, 0.1) is 26.0 Å². The number of nitrogens with one attached hydrogen (secondary N) is 1. The largest absolute Gasteiger partial charge is 0.478 e. The van der Waals surface area contributed by atoms with Gasteiger partial charge in [0.15, 0.2) is 0 Å². The molecule has 1 saturated heterocycles. The number of carboxylic acids is 1. The Bertz CT molecular complexity index is 1490. The molecule has 0 radical (unpaired) electrons. The number of benzene rings is 1. The summed E-state index contributed by atoms with van der Waals surface area (Å²) in [6.07, 6.45) is 4.54. The molecule has 4 aromatic rings. The summed E-state index contributed by atoms with van der Waals surface area (Å²) >= 11 is 30.0. The molecule has 4 heterocycles. The molecule has 1 amide bonds. The third-order valence-corrected chi connectivity index (χ3v) is 7.88. The Morgan fingerprint density at radius 3 is 2.32 bits per heavy atom. The second-order valence-corrected chi connectivity index (χ2v) is 11.6. The van der Waals surface area contributed by atoms with E-state index >= 15 is 0 Å². The molecule has 0 bridgehead atoms. The highest BCUT2D eigenvalue weighted by Gasteiger charge is 2.24. The number of nitrogens with zero attached hydrogens (tertiary/aromatic N) is 4. The number of fused-ring (bicyclic) bond motifs is 1. The quantitative estimate of drug-likeness (QED) is 0.230. The van der Waals surface area contributed by atoms with Crippen molar-refractivity contribution in [2.45, 2.75) is 18.9 Å². The Kier molecular flexibility index (Phi) is 9.51. The molecule has 0 saturated carbocycles. The van der Waals surface area contributed by atoms with Crippen molar-refractivity contribution in [1.29, 1.82) is 0 Å². The van der Waals surface area contributed by atoms with Gasteiger partial charge in [0.25, 0.3) is 5.91 Å². The fourth-order valence-corrected chi connectivity index (χ4v) is 5.80. The average Bonchev–Trinajstić information content (AvgIpc) is 3.24. The van der Waals surface area contributed by atoms with E-state index in [0.29, 0.717) is 14.4 Å². The molecular weight excluding hydrogens is 616 g/mol. The van der Waals surface area contributed by atoms with Crippen LogP contribution in [-0.4, -0.2) is 51.1 Å². The monoisotopic (exact) mass is 631 g/mol. The van der Waals surface area contributed by atoms with E-state index < -0.39 is 5.97 Å². The number of pyridine rings is 1. The third-order valence-electron chi connectivity index (χ3n) is 5.64. The summed E-state index contributed by atoms with van der Waals surface area (Å²) < 4.78 is 0.611. The van der Waals surface area contributed by atoms with E-state index in [0.717, 1.165) is 54.0 Å². The summed E-state index contributed by atoms with van der Waals surface area (Å²) in [6.45, 7) is 1.53. The van der Waals surface area contributed by atoms with E-state index in [1.54, 1.807) is 6.33 Å². The van der Waals surface area contributed by atoms with Crippen LogP contribution in [0.25, 0.3) is 10.9 Å². The van der Waals surface area contributed by atoms with Gasteiger partial charge in [0.1, 0.15) is 21.6 Å². The lowest BCUT2D eigenvalue weighted by atomic mass is 10.0. The molecule has 1 fully saturated rings. The van der Waals surface area contributed by atoms with Crippen LogP contribution in [0.15, 0.2) is 42.9 Å². The zero-order valence-electron chi connectivity index (χ0n) is 19.3. The van der Waals surface area contributed by atoms with E-state index in [-0.39, 0.29) is 32.6 Å². The van der Waals surface area contributed by atoms with Crippen LogP contribution in [0.2, 0.25) is 23.9 Å². The number of carbonyl (C=O) groups excluding carboxylic acids is 1. The molecule has 5 rings (SSSR count). The topological polar surface area (TPSA) is 108 Å². The van der Waals surface area contributed by atoms with Crippen molar-refractivity contribution < 1.29 is 14.7 Å². The average molecular weight is 634 g/mol. The molecule has 14 heteroatoms. The van der Waals surface area contributed by atoms with Gasteiger partial charge in [-0.15, -0.1) is 11.3 Å². The molecule has 0 atom stereocenters. The first-order valence-corrected chi connectivity index (χ1v) is 13.8. The number of rotatable bonds is 4. The molecule has 0 spiro atoms. The predicted octanol–water partition coefficient (Wildman–Crippen LogP) is 7.14. The van der Waals surface area contributed by atoms with Crippen LogP contribution in [0.1, 0.15) is 33.6 Å². The fraction of sp³-hybridized carbons (Fsp3) is 0.208. The lowest BCUT2D eigenvalue weighted by Gasteiger charge is -2.33. The number of aromatic nitrogens is 3. The van der Waals surface area contributed by atoms with E-state index in [4.69, 9.17) is 63.1 Å². The molecule has 3 aromatic heterocycles. The van der Waals surface area contributed by atoms with Gasteiger partial charge < -0.3 is 15.3 Å². The summed E-state index contributed by atoms with van der Waals surface area (Å²) in [4.78, 5) is 37.7. The summed E-state index contributed by atoms with van der Waals surface area (Å²) in [5.41, 5.74) is 1.17. The number of hydrogen-bond acceptors (Lipinski definition) is 7. The van der Waals surface area contributed by atoms with Gasteiger partial charge in [-0.1, -0.05) is 58.0 Å². The van der Waals surface area contributed by atoms with Crippen molar-refractivity contribution in [3.8, 4) is 0 Å². The van der Waals surface area contributed by atoms with Crippen LogP contribution in [0, 0.1) is 0 Å². The Hall–Kier alpha value is -2.40. The van der Waals surface area contributed by atoms with Gasteiger partial charge in [-0.2, -0.15) is 0 Å². The van der Waals surface area contributed by atoms with Crippen molar-refractivity contribution in [1.82, 2.24) is 20.3 Å². The minimum atomic E-state index is -1.05. The zero-order chi connectivity index (χ0) is 27.4. The predicted molar refractivity (Wildman–Crippen MR) is 153 cm³/mol. The molecule has 0 aliphatic carbocycles. The molecule has 1 aromatic carbocycles. The summed E-state index contributed by atoms with van der Waals surface area (Å²) in [5, 5.41) is 13.6. The number of carboxylic acid groups (broad SMARTS) is 1. The zero-order valence-corrected chi connectivity index (χ0v) is 23.9. The Morgan fingerprint density at radius 1 is 0.947 bits per heavy atom. The van der Waals surface area contributed by atoms with Crippen LogP contribution in [0.5, 0.6) is 0 Å². The van der Waals surface area contributed by atoms with Crippen LogP contribution >= 0.6 is 69.3 Å². The Labute approximate surface area is 246 Å².